The number of hydrogen-bond acceptors (Lipinski definition) is 2. The molecule has 0 fully saturated rings. The molecule has 0 atom stereocenters. The molecular weight excluding hydrogens is 399 g/mol. The van der Waals surface area contributed by atoms with Crippen LogP contribution in [-0.4, -0.2) is 12.5 Å². The summed E-state index contributed by atoms with van der Waals surface area (Å²) < 4.78 is 45.1. The van der Waals surface area contributed by atoms with Gasteiger partial charge in [0.2, 0.25) is 5.91 Å². The van der Waals surface area contributed by atoms with Crippen molar-refractivity contribution >= 4 is 33.6 Å². The van der Waals surface area contributed by atoms with Crippen LogP contribution >= 0.6 is 15.9 Å². The fraction of sp³-hybridized carbons (Fsp3) is 0.167. The minimum absolute atomic E-state index is 0.288. The van der Waals surface area contributed by atoms with Gasteiger partial charge in [-0.25, -0.2) is 0 Å². The van der Waals surface area contributed by atoms with Crippen LogP contribution in [0.4, 0.5) is 18.9 Å². The second-order valence-electron chi connectivity index (χ2n) is 4.98. The van der Waals surface area contributed by atoms with E-state index in [-0.39, 0.29) is 5.69 Å². The van der Waals surface area contributed by atoms with Gasteiger partial charge in [0.15, 0.2) is 0 Å². The largest absolute Gasteiger partial charge is 0.493 e. The van der Waals surface area contributed by atoms with Gasteiger partial charge in [0.1, 0.15) is 5.75 Å². The zero-order chi connectivity index (χ0) is 18.4. The van der Waals surface area contributed by atoms with E-state index in [2.05, 4.69) is 21.2 Å². The third-order valence-electron chi connectivity index (χ3n) is 3.18. The van der Waals surface area contributed by atoms with E-state index in [0.717, 1.165) is 16.6 Å². The van der Waals surface area contributed by atoms with E-state index in [1.807, 2.05) is 6.92 Å². The monoisotopic (exact) mass is 413 g/mol. The quantitative estimate of drug-likeness (QED) is 0.655. The van der Waals surface area contributed by atoms with Crippen LogP contribution in [-0.2, 0) is 11.0 Å². The number of para-hydroxylation sites is 1. The minimum Gasteiger partial charge on any atom is -0.493 e. The summed E-state index contributed by atoms with van der Waals surface area (Å²) in [6.07, 6.45) is -1.89. The standard InChI is InChI=1S/C18H15BrF3NO2/c1-2-25-16-9-8-13(19)11-12(16)7-10-17(24)23-15-6-4-3-5-14(15)18(20,21)22/h3-11H,2H2,1H3,(H,23,24). The molecule has 132 valence electrons. The van der Waals surface area contributed by atoms with E-state index in [1.165, 1.54) is 24.3 Å². The number of halogens is 4. The highest BCUT2D eigenvalue weighted by atomic mass is 79.9. The summed E-state index contributed by atoms with van der Waals surface area (Å²) in [4.78, 5) is 12.0. The van der Waals surface area contributed by atoms with Crippen molar-refractivity contribution in [1.29, 1.82) is 0 Å². The van der Waals surface area contributed by atoms with E-state index in [0.29, 0.717) is 17.9 Å². The minimum atomic E-state index is -4.54. The van der Waals surface area contributed by atoms with E-state index in [4.69, 9.17) is 4.74 Å². The number of hydrogen-bond donors (Lipinski definition) is 1. The highest BCUT2D eigenvalue weighted by molar-refractivity contribution is 9.10. The maximum atomic E-state index is 12.9. The average molecular weight is 414 g/mol. The lowest BCUT2D eigenvalue weighted by Crippen LogP contribution is -2.14. The average Bonchev–Trinajstić information content (AvgIpc) is 2.55. The van der Waals surface area contributed by atoms with Crippen LogP contribution in [0, 0.1) is 0 Å². The Labute approximate surface area is 151 Å². The number of alkyl halides is 3. The summed E-state index contributed by atoms with van der Waals surface area (Å²) in [7, 11) is 0. The van der Waals surface area contributed by atoms with Gasteiger partial charge in [-0.15, -0.1) is 0 Å². The molecule has 2 rings (SSSR count). The Morgan fingerprint density at radius 2 is 1.96 bits per heavy atom. The third-order valence-corrected chi connectivity index (χ3v) is 3.67. The van der Waals surface area contributed by atoms with Gasteiger partial charge in [-0.05, 0) is 43.3 Å². The van der Waals surface area contributed by atoms with Crippen LogP contribution < -0.4 is 10.1 Å². The van der Waals surface area contributed by atoms with Crippen LogP contribution in [0.25, 0.3) is 6.08 Å². The number of nitrogens with one attached hydrogen (secondary N) is 1. The first-order valence-corrected chi connectivity index (χ1v) is 8.18. The van der Waals surface area contributed by atoms with Crippen LogP contribution in [0.3, 0.4) is 0 Å². The third kappa shape index (κ3) is 5.35. The molecular formula is C18H15BrF3NO2. The second-order valence-corrected chi connectivity index (χ2v) is 5.90. The van der Waals surface area contributed by atoms with Gasteiger partial charge in [-0.3, -0.25) is 4.79 Å². The Morgan fingerprint density at radius 1 is 1.24 bits per heavy atom. The maximum absolute atomic E-state index is 12.9. The summed E-state index contributed by atoms with van der Waals surface area (Å²) in [5.74, 6) is -0.0930. The molecule has 0 aliphatic carbocycles. The first kappa shape index (κ1) is 19.1. The molecule has 0 aromatic heterocycles. The molecule has 1 amide bonds. The SMILES string of the molecule is CCOc1ccc(Br)cc1C=CC(=O)Nc1ccccc1C(F)(F)F. The molecule has 25 heavy (non-hydrogen) atoms. The van der Waals surface area contributed by atoms with Gasteiger partial charge in [0.05, 0.1) is 17.9 Å². The van der Waals surface area contributed by atoms with Gasteiger partial charge in [0, 0.05) is 16.1 Å². The predicted molar refractivity (Wildman–Crippen MR) is 94.4 cm³/mol. The Morgan fingerprint density at radius 3 is 2.64 bits per heavy atom. The number of benzene rings is 2. The van der Waals surface area contributed by atoms with Crippen LogP contribution in [0.2, 0.25) is 0 Å². The first-order valence-electron chi connectivity index (χ1n) is 7.39. The molecule has 0 radical (unpaired) electrons. The normalized spacial score (nSPS) is 11.6. The van der Waals surface area contributed by atoms with Crippen molar-refractivity contribution in [3.63, 3.8) is 0 Å². The molecule has 2 aromatic carbocycles. The lowest BCUT2D eigenvalue weighted by Gasteiger charge is -2.12. The number of carbonyl (C=O) groups is 1. The van der Waals surface area contributed by atoms with Gasteiger partial charge < -0.3 is 10.1 Å². The number of carbonyl (C=O) groups excluding carboxylic acids is 1. The molecule has 0 saturated carbocycles. The molecule has 0 spiro atoms. The van der Waals surface area contributed by atoms with E-state index >= 15 is 0 Å². The van der Waals surface area contributed by atoms with Crippen molar-refractivity contribution in [2.75, 3.05) is 11.9 Å². The number of rotatable bonds is 5. The summed E-state index contributed by atoms with van der Waals surface area (Å²) >= 11 is 3.32. The predicted octanol–water partition coefficient (Wildman–Crippen LogP) is 5.52. The molecule has 0 saturated heterocycles. The molecule has 0 bridgehead atoms. The Kier molecular flexibility index (Phi) is 6.25. The molecule has 0 unspecified atom stereocenters. The molecule has 0 heterocycles. The smallest absolute Gasteiger partial charge is 0.418 e. The lowest BCUT2D eigenvalue weighted by atomic mass is 10.1. The number of ether oxygens (including phenoxy) is 1. The molecule has 3 nitrogen and oxygen atoms in total. The van der Waals surface area contributed by atoms with E-state index < -0.39 is 17.6 Å². The summed E-state index contributed by atoms with van der Waals surface area (Å²) in [6.45, 7) is 2.28. The van der Waals surface area contributed by atoms with Crippen molar-refractivity contribution in [1.82, 2.24) is 0 Å². The van der Waals surface area contributed by atoms with Gasteiger partial charge in [0.25, 0.3) is 0 Å². The highest BCUT2D eigenvalue weighted by Gasteiger charge is 2.33. The van der Waals surface area contributed by atoms with Crippen molar-refractivity contribution < 1.29 is 22.7 Å². The highest BCUT2D eigenvalue weighted by Crippen LogP contribution is 2.34. The Bertz CT molecular complexity index is 788. The fourth-order valence-corrected chi connectivity index (χ4v) is 2.49. The molecule has 1 N–H and O–H groups in total. The topological polar surface area (TPSA) is 38.3 Å². The summed E-state index contributed by atoms with van der Waals surface area (Å²) in [5, 5.41) is 2.26. The van der Waals surface area contributed by atoms with Crippen LogP contribution in [0.1, 0.15) is 18.1 Å². The zero-order valence-corrected chi connectivity index (χ0v) is 14.8. The van der Waals surface area contributed by atoms with Gasteiger partial charge in [-0.2, -0.15) is 13.2 Å². The lowest BCUT2D eigenvalue weighted by molar-refractivity contribution is -0.136. The Balaban J connectivity index is 2.19. The van der Waals surface area contributed by atoms with Crippen molar-refractivity contribution in [3.05, 3.63) is 64.1 Å². The van der Waals surface area contributed by atoms with Gasteiger partial charge in [-0.1, -0.05) is 28.1 Å². The number of anilines is 1. The maximum Gasteiger partial charge on any atom is 0.418 e. The zero-order valence-electron chi connectivity index (χ0n) is 13.2. The van der Waals surface area contributed by atoms with Gasteiger partial charge >= 0.3 is 6.18 Å². The van der Waals surface area contributed by atoms with E-state index in [9.17, 15) is 18.0 Å². The molecule has 7 heteroatoms. The van der Waals surface area contributed by atoms with Crippen LogP contribution in [0.15, 0.2) is 53.0 Å². The fourth-order valence-electron chi connectivity index (χ4n) is 2.12. The first-order chi connectivity index (χ1) is 11.8. The summed E-state index contributed by atoms with van der Waals surface area (Å²) in [5.41, 5.74) is -0.548. The summed E-state index contributed by atoms with van der Waals surface area (Å²) in [6, 6.07) is 10.1. The molecule has 0 aliphatic heterocycles. The van der Waals surface area contributed by atoms with Crippen molar-refractivity contribution in [2.45, 2.75) is 13.1 Å². The van der Waals surface area contributed by atoms with Crippen LogP contribution in [0.5, 0.6) is 5.75 Å². The van der Waals surface area contributed by atoms with Crippen molar-refractivity contribution in [2.24, 2.45) is 0 Å². The second kappa shape index (κ2) is 8.20. The van der Waals surface area contributed by atoms with E-state index in [1.54, 1.807) is 18.2 Å². The molecule has 2 aromatic rings. The van der Waals surface area contributed by atoms with Crippen molar-refractivity contribution in [3.8, 4) is 5.75 Å². The Hall–Kier alpha value is -2.28. The molecule has 0 aliphatic rings. The number of amides is 1.